The van der Waals surface area contributed by atoms with E-state index in [1.54, 1.807) is 0 Å². The lowest BCUT2D eigenvalue weighted by Crippen LogP contribution is -2.15. The van der Waals surface area contributed by atoms with Gasteiger partial charge in [0.15, 0.2) is 0 Å². The third kappa shape index (κ3) is 4.73. The van der Waals surface area contributed by atoms with Gasteiger partial charge >= 0.3 is 6.18 Å². The third-order valence-corrected chi connectivity index (χ3v) is 3.31. The van der Waals surface area contributed by atoms with E-state index in [0.717, 1.165) is 25.4 Å². The Morgan fingerprint density at radius 3 is 2.71 bits per heavy atom. The van der Waals surface area contributed by atoms with Gasteiger partial charge in [0.2, 0.25) is 0 Å². The first-order valence-corrected chi connectivity index (χ1v) is 6.37. The molecular weight excluding hydrogens is 273 g/mol. The Morgan fingerprint density at radius 2 is 2.18 bits per heavy atom. The van der Waals surface area contributed by atoms with Crippen molar-refractivity contribution in [1.82, 2.24) is 10.3 Å². The van der Waals surface area contributed by atoms with E-state index in [9.17, 15) is 13.2 Å². The average molecular weight is 285 g/mol. The summed E-state index contributed by atoms with van der Waals surface area (Å²) in [6.07, 6.45) is -3.59. The second-order valence-electron chi connectivity index (χ2n) is 3.21. The minimum Gasteiger partial charge on any atom is -0.316 e. The maximum atomic E-state index is 12.3. The van der Waals surface area contributed by atoms with Crippen LogP contribution in [0.25, 0.3) is 0 Å². The Kier molecular flexibility index (Phi) is 5.55. The van der Waals surface area contributed by atoms with E-state index >= 15 is 0 Å². The maximum Gasteiger partial charge on any atom is 0.417 e. The first-order chi connectivity index (χ1) is 7.95. The fraction of sp³-hybridized carbons (Fsp3) is 0.500. The summed E-state index contributed by atoms with van der Waals surface area (Å²) in [7, 11) is 0. The predicted octanol–water partition coefficient (Wildman–Crippen LogP) is 3.46. The molecule has 0 spiro atoms. The summed E-state index contributed by atoms with van der Waals surface area (Å²) in [4.78, 5) is 3.73. The standard InChI is InChI=1S/C10H12ClF3N2S/c1-2-15-3-4-17-9-8(11)5-7(6-16-9)10(12,13)14/h5-6,15H,2-4H2,1H3. The fourth-order valence-corrected chi connectivity index (χ4v) is 2.18. The van der Waals surface area contributed by atoms with E-state index in [0.29, 0.717) is 10.8 Å². The number of alkyl halides is 3. The number of thioether (sulfide) groups is 1. The van der Waals surface area contributed by atoms with Crippen molar-refractivity contribution in [1.29, 1.82) is 0 Å². The first-order valence-electron chi connectivity index (χ1n) is 5.01. The highest BCUT2D eigenvalue weighted by molar-refractivity contribution is 7.99. The first kappa shape index (κ1) is 14.6. The summed E-state index contributed by atoms with van der Waals surface area (Å²) in [5, 5.41) is 3.57. The molecule has 0 saturated carbocycles. The van der Waals surface area contributed by atoms with E-state index in [4.69, 9.17) is 11.6 Å². The molecule has 0 saturated heterocycles. The number of halogens is 4. The van der Waals surface area contributed by atoms with Crippen molar-refractivity contribution < 1.29 is 13.2 Å². The molecular formula is C10H12ClF3N2S. The van der Waals surface area contributed by atoms with E-state index in [-0.39, 0.29) is 5.02 Å². The molecule has 0 amide bonds. The lowest BCUT2D eigenvalue weighted by atomic mass is 10.3. The van der Waals surface area contributed by atoms with E-state index in [1.165, 1.54) is 11.8 Å². The summed E-state index contributed by atoms with van der Waals surface area (Å²) in [5.74, 6) is 0.714. The van der Waals surface area contributed by atoms with Gasteiger partial charge in [0.1, 0.15) is 5.03 Å². The molecule has 1 heterocycles. The van der Waals surface area contributed by atoms with Crippen molar-refractivity contribution >= 4 is 23.4 Å². The van der Waals surface area contributed by atoms with Gasteiger partial charge in [-0.25, -0.2) is 4.98 Å². The molecule has 0 bridgehead atoms. The number of pyridine rings is 1. The van der Waals surface area contributed by atoms with E-state index < -0.39 is 11.7 Å². The number of nitrogens with zero attached hydrogens (tertiary/aromatic N) is 1. The van der Waals surface area contributed by atoms with Gasteiger partial charge in [-0.15, -0.1) is 11.8 Å². The Bertz CT molecular complexity index is 371. The van der Waals surface area contributed by atoms with Gasteiger partial charge in [0.05, 0.1) is 10.6 Å². The van der Waals surface area contributed by atoms with Crippen molar-refractivity contribution in [2.45, 2.75) is 18.1 Å². The molecule has 0 atom stereocenters. The maximum absolute atomic E-state index is 12.3. The molecule has 7 heteroatoms. The van der Waals surface area contributed by atoms with Crippen molar-refractivity contribution in [2.75, 3.05) is 18.8 Å². The average Bonchev–Trinajstić information content (AvgIpc) is 2.24. The monoisotopic (exact) mass is 284 g/mol. The minimum atomic E-state index is -4.40. The third-order valence-electron chi connectivity index (χ3n) is 1.90. The van der Waals surface area contributed by atoms with Gasteiger partial charge in [-0.1, -0.05) is 18.5 Å². The smallest absolute Gasteiger partial charge is 0.316 e. The van der Waals surface area contributed by atoms with Crippen molar-refractivity contribution in [3.05, 3.63) is 22.8 Å². The van der Waals surface area contributed by atoms with Crippen LogP contribution in [0.1, 0.15) is 12.5 Å². The largest absolute Gasteiger partial charge is 0.417 e. The van der Waals surface area contributed by atoms with Crippen LogP contribution in [0.4, 0.5) is 13.2 Å². The van der Waals surface area contributed by atoms with Gasteiger partial charge in [-0.2, -0.15) is 13.2 Å². The summed E-state index contributed by atoms with van der Waals surface area (Å²) < 4.78 is 37.0. The van der Waals surface area contributed by atoms with Gasteiger partial charge in [-0.05, 0) is 12.6 Å². The fourth-order valence-electron chi connectivity index (χ4n) is 1.08. The van der Waals surface area contributed by atoms with Crippen LogP contribution in [-0.2, 0) is 6.18 Å². The highest BCUT2D eigenvalue weighted by Gasteiger charge is 2.31. The van der Waals surface area contributed by atoms with Crippen molar-refractivity contribution in [2.24, 2.45) is 0 Å². The SMILES string of the molecule is CCNCCSc1ncc(C(F)(F)F)cc1Cl. The Labute approximate surface area is 107 Å². The number of aromatic nitrogens is 1. The minimum absolute atomic E-state index is 0.0429. The summed E-state index contributed by atoms with van der Waals surface area (Å²) in [6, 6.07) is 0.907. The second-order valence-corrected chi connectivity index (χ2v) is 4.70. The topological polar surface area (TPSA) is 24.9 Å². The second kappa shape index (κ2) is 6.47. The predicted molar refractivity (Wildman–Crippen MR) is 63.5 cm³/mol. The Hall–Kier alpha value is -0.460. The van der Waals surface area contributed by atoms with E-state index in [1.807, 2.05) is 6.92 Å². The van der Waals surface area contributed by atoms with Gasteiger partial charge in [0.25, 0.3) is 0 Å². The molecule has 2 nitrogen and oxygen atoms in total. The number of hydrogen-bond acceptors (Lipinski definition) is 3. The normalized spacial score (nSPS) is 11.8. The lowest BCUT2D eigenvalue weighted by molar-refractivity contribution is -0.137. The molecule has 1 rings (SSSR count). The molecule has 0 aliphatic carbocycles. The molecule has 17 heavy (non-hydrogen) atoms. The summed E-state index contributed by atoms with van der Waals surface area (Å²) in [6.45, 7) is 3.60. The number of hydrogen-bond donors (Lipinski definition) is 1. The molecule has 0 unspecified atom stereocenters. The van der Waals surface area contributed by atoms with Crippen LogP contribution in [-0.4, -0.2) is 23.8 Å². The van der Waals surface area contributed by atoms with Crippen LogP contribution < -0.4 is 5.32 Å². The molecule has 0 aromatic carbocycles. The molecule has 0 aliphatic rings. The summed E-state index contributed by atoms with van der Waals surface area (Å²) in [5.41, 5.74) is -0.821. The Morgan fingerprint density at radius 1 is 1.47 bits per heavy atom. The Balaban J connectivity index is 2.64. The zero-order valence-corrected chi connectivity index (χ0v) is 10.7. The zero-order chi connectivity index (χ0) is 12.9. The van der Waals surface area contributed by atoms with Gasteiger partial charge in [-0.3, -0.25) is 0 Å². The van der Waals surface area contributed by atoms with Crippen LogP contribution in [0.15, 0.2) is 17.3 Å². The molecule has 1 aromatic heterocycles. The molecule has 0 fully saturated rings. The molecule has 1 N–H and O–H groups in total. The molecule has 96 valence electrons. The van der Waals surface area contributed by atoms with Crippen molar-refractivity contribution in [3.8, 4) is 0 Å². The highest BCUT2D eigenvalue weighted by Crippen LogP contribution is 2.33. The zero-order valence-electron chi connectivity index (χ0n) is 9.14. The summed E-state index contributed by atoms with van der Waals surface area (Å²) >= 11 is 7.08. The number of rotatable bonds is 5. The van der Waals surface area contributed by atoms with Crippen molar-refractivity contribution in [3.63, 3.8) is 0 Å². The van der Waals surface area contributed by atoms with E-state index in [2.05, 4.69) is 10.3 Å². The molecule has 0 radical (unpaired) electrons. The number of nitrogens with one attached hydrogen (secondary N) is 1. The van der Waals surface area contributed by atoms with Crippen LogP contribution in [0.2, 0.25) is 5.02 Å². The lowest BCUT2D eigenvalue weighted by Gasteiger charge is -2.08. The highest BCUT2D eigenvalue weighted by atomic mass is 35.5. The van der Waals surface area contributed by atoms with Gasteiger partial charge < -0.3 is 5.32 Å². The quantitative estimate of drug-likeness (QED) is 0.662. The van der Waals surface area contributed by atoms with Crippen LogP contribution >= 0.6 is 23.4 Å². The van der Waals surface area contributed by atoms with Crippen LogP contribution in [0.5, 0.6) is 0 Å². The molecule has 0 aliphatic heterocycles. The van der Waals surface area contributed by atoms with Crippen LogP contribution in [0, 0.1) is 0 Å². The van der Waals surface area contributed by atoms with Gasteiger partial charge in [0, 0.05) is 18.5 Å². The molecule has 1 aromatic rings. The van der Waals surface area contributed by atoms with Crippen LogP contribution in [0.3, 0.4) is 0 Å².